The van der Waals surface area contributed by atoms with Gasteiger partial charge in [-0.3, -0.25) is 4.79 Å². The maximum atomic E-state index is 11.7. The first-order valence-corrected chi connectivity index (χ1v) is 5.73. The highest BCUT2D eigenvalue weighted by Crippen LogP contribution is 2.53. The van der Waals surface area contributed by atoms with Crippen molar-refractivity contribution in [2.24, 2.45) is 22.5 Å². The van der Waals surface area contributed by atoms with E-state index in [1.54, 1.807) is 0 Å². The van der Waals surface area contributed by atoms with E-state index >= 15 is 0 Å². The highest BCUT2D eigenvalue weighted by Gasteiger charge is 2.53. The fourth-order valence-electron chi connectivity index (χ4n) is 2.20. The summed E-state index contributed by atoms with van der Waals surface area (Å²) in [6.45, 7) is 9.33. The zero-order chi connectivity index (χ0) is 11.7. The molecule has 15 heavy (non-hydrogen) atoms. The summed E-state index contributed by atoms with van der Waals surface area (Å²) in [6.07, 6.45) is 1.76. The maximum absolute atomic E-state index is 11.7. The van der Waals surface area contributed by atoms with Crippen LogP contribution in [0.5, 0.6) is 0 Å². The monoisotopic (exact) mass is 213 g/mol. The topological polar surface area (TPSA) is 52.3 Å². The van der Waals surface area contributed by atoms with Crippen LogP contribution < -0.4 is 5.73 Å². The van der Waals surface area contributed by atoms with Crippen molar-refractivity contribution < 1.29 is 9.53 Å². The van der Waals surface area contributed by atoms with Crippen LogP contribution >= 0.6 is 0 Å². The molecule has 1 rings (SSSR count). The van der Waals surface area contributed by atoms with Gasteiger partial charge in [0.25, 0.3) is 0 Å². The number of carbonyl (C=O) groups is 1. The number of hydrogen-bond acceptors (Lipinski definition) is 3. The lowest BCUT2D eigenvalue weighted by Crippen LogP contribution is -2.53. The molecule has 3 heteroatoms. The van der Waals surface area contributed by atoms with Crippen LogP contribution in [-0.2, 0) is 9.53 Å². The molecule has 0 unspecified atom stereocenters. The van der Waals surface area contributed by atoms with Gasteiger partial charge in [-0.2, -0.15) is 0 Å². The molecule has 0 aromatic rings. The van der Waals surface area contributed by atoms with Gasteiger partial charge < -0.3 is 10.5 Å². The van der Waals surface area contributed by atoms with E-state index in [1.165, 1.54) is 0 Å². The molecule has 0 aromatic heterocycles. The molecule has 0 bridgehead atoms. The van der Waals surface area contributed by atoms with E-state index in [9.17, 15) is 4.79 Å². The minimum absolute atomic E-state index is 0.104. The first-order valence-electron chi connectivity index (χ1n) is 5.73. The van der Waals surface area contributed by atoms with Gasteiger partial charge in [0.2, 0.25) is 0 Å². The maximum Gasteiger partial charge on any atom is 0.313 e. The van der Waals surface area contributed by atoms with Crippen LogP contribution in [0.1, 0.15) is 40.5 Å². The van der Waals surface area contributed by atoms with Crippen molar-refractivity contribution in [1.82, 2.24) is 0 Å². The van der Waals surface area contributed by atoms with Crippen molar-refractivity contribution in [2.75, 3.05) is 13.2 Å². The van der Waals surface area contributed by atoms with Crippen LogP contribution in [0.25, 0.3) is 0 Å². The lowest BCUT2D eigenvalue weighted by atomic mass is 9.54. The van der Waals surface area contributed by atoms with Gasteiger partial charge >= 0.3 is 5.97 Å². The van der Waals surface area contributed by atoms with Crippen molar-refractivity contribution >= 4 is 5.97 Å². The van der Waals surface area contributed by atoms with Gasteiger partial charge in [-0.15, -0.1) is 0 Å². The molecule has 1 fully saturated rings. The summed E-state index contributed by atoms with van der Waals surface area (Å²) in [5.41, 5.74) is 5.59. The Balaban J connectivity index is 2.59. The second-order valence-corrected chi connectivity index (χ2v) is 5.68. The molecule has 0 heterocycles. The summed E-state index contributed by atoms with van der Waals surface area (Å²) >= 11 is 0. The Morgan fingerprint density at radius 1 is 1.47 bits per heavy atom. The molecule has 0 atom stereocenters. The zero-order valence-electron chi connectivity index (χ0n) is 10.3. The lowest BCUT2D eigenvalue weighted by Gasteiger charge is -2.50. The van der Waals surface area contributed by atoms with Gasteiger partial charge in [-0.25, -0.2) is 0 Å². The highest BCUT2D eigenvalue weighted by atomic mass is 16.5. The zero-order valence-corrected chi connectivity index (χ0v) is 10.3. The first-order chi connectivity index (χ1) is 6.85. The van der Waals surface area contributed by atoms with Crippen LogP contribution in [0.2, 0.25) is 0 Å². The number of ether oxygens (including phenoxy) is 1. The summed E-state index contributed by atoms with van der Waals surface area (Å²) in [6, 6.07) is 0. The van der Waals surface area contributed by atoms with E-state index in [0.717, 1.165) is 12.8 Å². The molecule has 1 aliphatic carbocycles. The molecule has 88 valence electrons. The van der Waals surface area contributed by atoms with E-state index in [0.29, 0.717) is 19.1 Å². The summed E-state index contributed by atoms with van der Waals surface area (Å²) in [7, 11) is 0. The van der Waals surface area contributed by atoms with Gasteiger partial charge in [0.15, 0.2) is 0 Å². The van der Waals surface area contributed by atoms with Crippen LogP contribution in [0.15, 0.2) is 0 Å². The summed E-state index contributed by atoms with van der Waals surface area (Å²) < 4.78 is 5.08. The molecule has 2 N–H and O–H groups in total. The number of carbonyl (C=O) groups excluding carboxylic acids is 1. The summed E-state index contributed by atoms with van der Waals surface area (Å²) in [4.78, 5) is 11.7. The molecule has 0 spiro atoms. The highest BCUT2D eigenvalue weighted by molar-refractivity contribution is 5.78. The molecule has 0 amide bonds. The van der Waals surface area contributed by atoms with Gasteiger partial charge in [0.05, 0.1) is 12.0 Å². The minimum atomic E-state index is -0.381. The molecule has 0 aromatic carbocycles. The Labute approximate surface area is 92.4 Å². The quantitative estimate of drug-likeness (QED) is 0.729. The molecule has 1 saturated carbocycles. The van der Waals surface area contributed by atoms with Crippen molar-refractivity contribution in [2.45, 2.75) is 40.5 Å². The fraction of sp³-hybridized carbons (Fsp3) is 0.917. The van der Waals surface area contributed by atoms with Crippen molar-refractivity contribution in [3.63, 3.8) is 0 Å². The fourth-order valence-corrected chi connectivity index (χ4v) is 2.20. The average molecular weight is 213 g/mol. The summed E-state index contributed by atoms with van der Waals surface area (Å²) in [5, 5.41) is 0. The first kappa shape index (κ1) is 12.5. The van der Waals surface area contributed by atoms with Crippen molar-refractivity contribution in [3.05, 3.63) is 0 Å². The number of nitrogens with two attached hydrogens (primary N) is 1. The largest absolute Gasteiger partial charge is 0.466 e. The van der Waals surface area contributed by atoms with Crippen LogP contribution in [0, 0.1) is 16.7 Å². The third-order valence-corrected chi connectivity index (χ3v) is 3.60. The predicted octanol–water partition coefficient (Wildman–Crippen LogP) is 1.95. The standard InChI is InChI=1S/C12H23NO2/c1-5-15-10(14)12(8-13)6-9(7-12)11(2,3)4/h9H,5-8,13H2,1-4H3. The second-order valence-electron chi connectivity index (χ2n) is 5.68. The normalized spacial score (nSPS) is 30.9. The van der Waals surface area contributed by atoms with Crippen LogP contribution in [-0.4, -0.2) is 19.1 Å². The van der Waals surface area contributed by atoms with E-state index in [4.69, 9.17) is 10.5 Å². The molecule has 1 aliphatic rings. The molecule has 0 saturated heterocycles. The Morgan fingerprint density at radius 3 is 2.33 bits per heavy atom. The van der Waals surface area contributed by atoms with Gasteiger partial charge in [-0.05, 0) is 31.1 Å². The van der Waals surface area contributed by atoms with E-state index in [2.05, 4.69) is 20.8 Å². The van der Waals surface area contributed by atoms with E-state index in [1.807, 2.05) is 6.92 Å². The molecular formula is C12H23NO2. The van der Waals surface area contributed by atoms with E-state index in [-0.39, 0.29) is 16.8 Å². The number of rotatable bonds is 3. The average Bonchev–Trinajstić information content (AvgIpc) is 2.01. The third-order valence-electron chi connectivity index (χ3n) is 3.60. The molecule has 3 nitrogen and oxygen atoms in total. The van der Waals surface area contributed by atoms with Gasteiger partial charge in [0, 0.05) is 6.54 Å². The number of hydrogen-bond donors (Lipinski definition) is 1. The Bertz CT molecular complexity index is 236. The Morgan fingerprint density at radius 2 is 2.00 bits per heavy atom. The molecule has 0 radical (unpaired) electrons. The van der Waals surface area contributed by atoms with E-state index < -0.39 is 0 Å². The van der Waals surface area contributed by atoms with Crippen LogP contribution in [0.3, 0.4) is 0 Å². The Kier molecular flexibility index (Phi) is 3.44. The predicted molar refractivity (Wildman–Crippen MR) is 60.3 cm³/mol. The smallest absolute Gasteiger partial charge is 0.313 e. The Hall–Kier alpha value is -0.570. The van der Waals surface area contributed by atoms with Gasteiger partial charge in [-0.1, -0.05) is 20.8 Å². The van der Waals surface area contributed by atoms with Crippen LogP contribution in [0.4, 0.5) is 0 Å². The lowest BCUT2D eigenvalue weighted by molar-refractivity contribution is -0.167. The minimum Gasteiger partial charge on any atom is -0.466 e. The third kappa shape index (κ3) is 2.33. The SMILES string of the molecule is CCOC(=O)C1(CN)CC(C(C)(C)C)C1. The van der Waals surface area contributed by atoms with Crippen molar-refractivity contribution in [3.8, 4) is 0 Å². The van der Waals surface area contributed by atoms with Gasteiger partial charge in [0.1, 0.15) is 0 Å². The summed E-state index contributed by atoms with van der Waals surface area (Å²) in [5.74, 6) is 0.485. The number of esters is 1. The van der Waals surface area contributed by atoms with Crippen molar-refractivity contribution in [1.29, 1.82) is 0 Å². The molecule has 0 aliphatic heterocycles. The second kappa shape index (κ2) is 4.12. The molecular weight excluding hydrogens is 190 g/mol.